The Morgan fingerprint density at radius 3 is 2.63 bits per heavy atom. The third-order valence-corrected chi connectivity index (χ3v) is 4.74. The average molecular weight is 430 g/mol. The van der Waals surface area contributed by atoms with Gasteiger partial charge in [0.2, 0.25) is 11.8 Å². The maximum absolute atomic E-state index is 12.3. The zero-order valence-electron chi connectivity index (χ0n) is 14.9. The summed E-state index contributed by atoms with van der Waals surface area (Å²) in [4.78, 5) is 26.2. The quantitative estimate of drug-likeness (QED) is 0.565. The van der Waals surface area contributed by atoms with Gasteiger partial charge in [-0.25, -0.2) is 5.43 Å². The third kappa shape index (κ3) is 4.95. The normalized spacial score (nSPS) is 16.7. The summed E-state index contributed by atoms with van der Waals surface area (Å²) in [5, 5.41) is 3.98. The van der Waals surface area contributed by atoms with Crippen molar-refractivity contribution in [3.8, 4) is 5.75 Å². The maximum Gasteiger partial charge on any atom is 0.245 e. The monoisotopic (exact) mass is 429 g/mol. The van der Waals surface area contributed by atoms with Crippen LogP contribution in [0.25, 0.3) is 0 Å². The van der Waals surface area contributed by atoms with Gasteiger partial charge >= 0.3 is 0 Å². The zero-order chi connectivity index (χ0) is 19.2. The zero-order valence-corrected chi connectivity index (χ0v) is 16.5. The number of rotatable bonds is 6. The lowest BCUT2D eigenvalue weighted by molar-refractivity contribution is -0.126. The van der Waals surface area contributed by atoms with Crippen LogP contribution in [0, 0.1) is 5.92 Å². The van der Waals surface area contributed by atoms with Crippen LogP contribution in [-0.2, 0) is 9.59 Å². The molecule has 0 saturated carbocycles. The molecule has 1 aliphatic rings. The highest BCUT2D eigenvalue weighted by atomic mass is 79.9. The summed E-state index contributed by atoms with van der Waals surface area (Å²) in [5.74, 6) is -0.00282. The number of nitrogens with one attached hydrogen (secondary N) is 1. The molecule has 7 heteroatoms. The van der Waals surface area contributed by atoms with Crippen LogP contribution in [0.15, 0.2) is 58.1 Å². The number of nitrogens with zero attached hydrogens (tertiary/aromatic N) is 2. The Labute approximate surface area is 166 Å². The Balaban J connectivity index is 1.57. The number of hydrazone groups is 1. The van der Waals surface area contributed by atoms with E-state index in [-0.39, 0.29) is 18.2 Å². The number of ether oxygens (including phenoxy) is 1. The maximum atomic E-state index is 12.3. The molecule has 1 saturated heterocycles. The van der Waals surface area contributed by atoms with Crippen molar-refractivity contribution >= 4 is 39.6 Å². The van der Waals surface area contributed by atoms with Crippen LogP contribution in [0.1, 0.15) is 18.9 Å². The molecule has 2 aromatic carbocycles. The van der Waals surface area contributed by atoms with Gasteiger partial charge in [0.05, 0.1) is 18.7 Å². The van der Waals surface area contributed by atoms with Gasteiger partial charge in [0.15, 0.2) is 0 Å². The van der Waals surface area contributed by atoms with Crippen LogP contribution in [0.3, 0.4) is 0 Å². The van der Waals surface area contributed by atoms with Crippen molar-refractivity contribution in [3.63, 3.8) is 0 Å². The minimum atomic E-state index is -0.425. The van der Waals surface area contributed by atoms with Crippen molar-refractivity contribution in [2.45, 2.75) is 13.3 Å². The lowest BCUT2D eigenvalue weighted by atomic mass is 10.1. The molecule has 0 unspecified atom stereocenters. The second-order valence-electron chi connectivity index (χ2n) is 6.12. The number of benzene rings is 2. The van der Waals surface area contributed by atoms with E-state index >= 15 is 0 Å². The molecule has 0 aliphatic carbocycles. The van der Waals surface area contributed by atoms with Gasteiger partial charge in [0, 0.05) is 23.1 Å². The molecule has 0 spiro atoms. The molecule has 27 heavy (non-hydrogen) atoms. The van der Waals surface area contributed by atoms with E-state index in [0.717, 1.165) is 21.5 Å². The molecule has 140 valence electrons. The fourth-order valence-electron chi connectivity index (χ4n) is 2.83. The highest BCUT2D eigenvalue weighted by molar-refractivity contribution is 9.10. The largest absolute Gasteiger partial charge is 0.494 e. The first-order valence-electron chi connectivity index (χ1n) is 8.68. The second kappa shape index (κ2) is 8.81. The van der Waals surface area contributed by atoms with Crippen molar-refractivity contribution in [2.75, 3.05) is 18.1 Å². The first-order valence-corrected chi connectivity index (χ1v) is 9.48. The molecule has 0 bridgehead atoms. The van der Waals surface area contributed by atoms with Gasteiger partial charge in [-0.2, -0.15) is 5.10 Å². The Bertz CT molecular complexity index is 835. The number of halogens is 1. The summed E-state index contributed by atoms with van der Waals surface area (Å²) in [6.45, 7) is 2.85. The third-order valence-electron chi connectivity index (χ3n) is 4.21. The molecule has 3 rings (SSSR count). The molecule has 1 N–H and O–H groups in total. The summed E-state index contributed by atoms with van der Waals surface area (Å²) in [5.41, 5.74) is 4.16. The number of carbonyl (C=O) groups is 2. The van der Waals surface area contributed by atoms with E-state index < -0.39 is 5.92 Å². The van der Waals surface area contributed by atoms with E-state index in [1.54, 1.807) is 11.1 Å². The smallest absolute Gasteiger partial charge is 0.245 e. The Hall–Kier alpha value is -2.67. The van der Waals surface area contributed by atoms with Crippen molar-refractivity contribution in [1.82, 2.24) is 5.43 Å². The minimum absolute atomic E-state index is 0.0730. The van der Waals surface area contributed by atoms with Crippen LogP contribution in [-0.4, -0.2) is 31.2 Å². The molecule has 0 aromatic heterocycles. The first kappa shape index (κ1) is 19.1. The van der Waals surface area contributed by atoms with Crippen molar-refractivity contribution in [3.05, 3.63) is 58.6 Å². The lowest BCUT2D eigenvalue weighted by Crippen LogP contribution is -2.30. The highest BCUT2D eigenvalue weighted by Gasteiger charge is 2.35. The average Bonchev–Trinajstić information content (AvgIpc) is 3.06. The van der Waals surface area contributed by atoms with Crippen LogP contribution in [0.2, 0.25) is 0 Å². The van der Waals surface area contributed by atoms with Crippen LogP contribution >= 0.6 is 15.9 Å². The molecule has 1 aliphatic heterocycles. The summed E-state index contributed by atoms with van der Waals surface area (Å²) in [6, 6.07) is 14.9. The first-order chi connectivity index (χ1) is 13.1. The summed E-state index contributed by atoms with van der Waals surface area (Å²) in [6.07, 6.45) is 1.75. The van der Waals surface area contributed by atoms with Gasteiger partial charge in [-0.1, -0.05) is 28.1 Å². The number of carbonyl (C=O) groups excluding carboxylic acids is 2. The van der Waals surface area contributed by atoms with Gasteiger partial charge in [-0.05, 0) is 48.9 Å². The van der Waals surface area contributed by atoms with Crippen LogP contribution in [0.4, 0.5) is 5.69 Å². The van der Waals surface area contributed by atoms with E-state index in [0.29, 0.717) is 13.2 Å². The summed E-state index contributed by atoms with van der Waals surface area (Å²) in [7, 11) is 0. The van der Waals surface area contributed by atoms with Crippen molar-refractivity contribution in [1.29, 1.82) is 0 Å². The molecule has 2 amide bonds. The predicted molar refractivity (Wildman–Crippen MR) is 108 cm³/mol. The van der Waals surface area contributed by atoms with E-state index in [1.165, 1.54) is 0 Å². The number of anilines is 1. The predicted octanol–water partition coefficient (Wildman–Crippen LogP) is 3.35. The fourth-order valence-corrected chi connectivity index (χ4v) is 3.10. The number of hydrogen-bond acceptors (Lipinski definition) is 4. The molecule has 6 nitrogen and oxygen atoms in total. The number of hydrogen-bond donors (Lipinski definition) is 1. The Morgan fingerprint density at radius 2 is 1.96 bits per heavy atom. The Kier molecular flexibility index (Phi) is 6.24. The highest BCUT2D eigenvalue weighted by Crippen LogP contribution is 2.27. The van der Waals surface area contributed by atoms with Gasteiger partial charge in [0.1, 0.15) is 5.75 Å². The minimum Gasteiger partial charge on any atom is -0.494 e. The molecular formula is C20H20BrN3O3. The second-order valence-corrected chi connectivity index (χ2v) is 7.03. The Morgan fingerprint density at radius 1 is 1.26 bits per heavy atom. The molecule has 1 heterocycles. The van der Waals surface area contributed by atoms with Crippen LogP contribution in [0.5, 0.6) is 5.75 Å². The van der Waals surface area contributed by atoms with E-state index in [4.69, 9.17) is 4.74 Å². The van der Waals surface area contributed by atoms with Gasteiger partial charge in [-0.3, -0.25) is 9.59 Å². The fraction of sp³-hybridized carbons (Fsp3) is 0.250. The van der Waals surface area contributed by atoms with E-state index in [9.17, 15) is 9.59 Å². The van der Waals surface area contributed by atoms with Gasteiger partial charge in [-0.15, -0.1) is 0 Å². The topological polar surface area (TPSA) is 71.0 Å². The molecule has 0 radical (unpaired) electrons. The van der Waals surface area contributed by atoms with E-state index in [2.05, 4.69) is 26.5 Å². The van der Waals surface area contributed by atoms with Crippen molar-refractivity contribution < 1.29 is 14.3 Å². The molecular weight excluding hydrogens is 410 g/mol. The van der Waals surface area contributed by atoms with Gasteiger partial charge in [0.25, 0.3) is 0 Å². The number of amides is 2. The summed E-state index contributed by atoms with van der Waals surface area (Å²) >= 11 is 3.37. The standard InChI is InChI=1S/C20H20BrN3O3/c1-2-27-18-9-7-17(8-10-18)24-13-15(11-19(24)25)20(26)23-22-12-14-3-5-16(21)6-4-14/h3-10,12,15H,2,11,13H2,1H3,(H,23,26)/b22-12-/t15-/m0/s1. The molecule has 1 fully saturated rings. The van der Waals surface area contributed by atoms with Crippen LogP contribution < -0.4 is 15.1 Å². The SMILES string of the molecule is CCOc1ccc(N2C[C@@H](C(=O)N/N=C\c3ccc(Br)cc3)CC2=O)cc1. The lowest BCUT2D eigenvalue weighted by Gasteiger charge is -2.17. The summed E-state index contributed by atoms with van der Waals surface area (Å²) < 4.78 is 6.39. The molecule has 1 atom stereocenters. The van der Waals surface area contributed by atoms with Gasteiger partial charge < -0.3 is 9.64 Å². The molecule has 2 aromatic rings. The van der Waals surface area contributed by atoms with E-state index in [1.807, 2.05) is 55.5 Å². The van der Waals surface area contributed by atoms with Crippen molar-refractivity contribution in [2.24, 2.45) is 11.0 Å².